The minimum absolute atomic E-state index is 0.00618. The molecule has 3 rings (SSSR count). The van der Waals surface area contributed by atoms with Gasteiger partial charge >= 0.3 is 5.97 Å². The summed E-state index contributed by atoms with van der Waals surface area (Å²) in [6.07, 6.45) is -0.217. The van der Waals surface area contributed by atoms with E-state index in [9.17, 15) is 20.0 Å². The van der Waals surface area contributed by atoms with E-state index in [1.807, 2.05) is 6.07 Å². The zero-order valence-electron chi connectivity index (χ0n) is 16.6. The molecule has 2 aromatic rings. The number of fused-ring (bicyclic) bond motifs is 1. The van der Waals surface area contributed by atoms with E-state index in [0.717, 1.165) is 5.04 Å². The number of non-ortho nitro benzene ring substituents is 1. The summed E-state index contributed by atoms with van der Waals surface area (Å²) in [6.45, 7) is 3.71. The smallest absolute Gasteiger partial charge is 0.309 e. The van der Waals surface area contributed by atoms with E-state index in [1.54, 1.807) is 34.1 Å². The van der Waals surface area contributed by atoms with Gasteiger partial charge in [0.1, 0.15) is 10.6 Å². The fraction of sp³-hybridized carbons (Fsp3) is 0.474. The molecule has 0 amide bonds. The molecule has 1 aromatic carbocycles. The molecular weight excluding hydrogens is 398 g/mol. The fourth-order valence-corrected chi connectivity index (χ4v) is 4.47. The van der Waals surface area contributed by atoms with Gasteiger partial charge in [0.2, 0.25) is 0 Å². The third-order valence-electron chi connectivity index (χ3n) is 4.87. The van der Waals surface area contributed by atoms with Gasteiger partial charge in [-0.2, -0.15) is 0 Å². The maximum atomic E-state index is 11.6. The van der Waals surface area contributed by atoms with Gasteiger partial charge in [0.15, 0.2) is 6.29 Å². The molecule has 9 nitrogen and oxygen atoms in total. The fourth-order valence-electron chi connectivity index (χ4n) is 3.31. The van der Waals surface area contributed by atoms with Gasteiger partial charge in [0.25, 0.3) is 5.69 Å². The molecule has 1 aliphatic rings. The lowest BCUT2D eigenvalue weighted by molar-refractivity contribution is -0.383. The summed E-state index contributed by atoms with van der Waals surface area (Å²) in [4.78, 5) is 30.2. The molecular formula is C19H23N3O6S. The van der Waals surface area contributed by atoms with E-state index in [0.29, 0.717) is 28.7 Å². The van der Waals surface area contributed by atoms with Crippen molar-refractivity contribution in [3.8, 4) is 0 Å². The Morgan fingerprint density at radius 2 is 2.10 bits per heavy atom. The molecule has 10 heteroatoms. The molecule has 29 heavy (non-hydrogen) atoms. The van der Waals surface area contributed by atoms with Crippen molar-refractivity contribution in [2.24, 2.45) is 10.4 Å². The van der Waals surface area contributed by atoms with E-state index in [-0.39, 0.29) is 17.4 Å². The zero-order valence-corrected chi connectivity index (χ0v) is 17.4. The van der Waals surface area contributed by atoms with Crippen LogP contribution in [0.2, 0.25) is 0 Å². The maximum absolute atomic E-state index is 11.6. The number of nitro benzene ring substituents is 1. The van der Waals surface area contributed by atoms with Crippen molar-refractivity contribution in [3.05, 3.63) is 39.6 Å². The number of H-pyrrole nitrogens is 1. The standard InChI is InChI=1S/C19H23N3O6S/c1-19(2,18(23)24)8-10-5-11-7-12(21-15(11)13(6-10)22(25)26)16-20-9-14(29-16)17(27-3)28-4/h5-7,14,17,21H,8-9H2,1-4H3,(H,23,24). The predicted octanol–water partition coefficient (Wildman–Crippen LogP) is 3.21. The van der Waals surface area contributed by atoms with Crippen molar-refractivity contribution >= 4 is 39.4 Å². The maximum Gasteiger partial charge on any atom is 0.309 e. The van der Waals surface area contributed by atoms with E-state index in [1.165, 1.54) is 17.8 Å². The van der Waals surface area contributed by atoms with Crippen LogP contribution in [0, 0.1) is 15.5 Å². The number of thioether (sulfide) groups is 1. The second kappa shape index (κ2) is 8.13. The summed E-state index contributed by atoms with van der Waals surface area (Å²) in [5, 5.41) is 22.4. The number of nitrogens with zero attached hydrogens (tertiary/aromatic N) is 2. The molecule has 1 aromatic heterocycles. The van der Waals surface area contributed by atoms with Gasteiger partial charge in [-0.25, -0.2) is 0 Å². The number of nitro groups is 1. The summed E-state index contributed by atoms with van der Waals surface area (Å²) in [6, 6.07) is 5.03. The molecule has 0 fully saturated rings. The first-order valence-electron chi connectivity index (χ1n) is 8.96. The van der Waals surface area contributed by atoms with Gasteiger partial charge in [-0.05, 0) is 38.0 Å². The number of carboxylic acids is 1. The van der Waals surface area contributed by atoms with Crippen LogP contribution in [0.3, 0.4) is 0 Å². The van der Waals surface area contributed by atoms with Crippen molar-refractivity contribution in [3.63, 3.8) is 0 Å². The summed E-state index contributed by atoms with van der Waals surface area (Å²) in [5.74, 6) is -0.955. The number of aromatic nitrogens is 1. The molecule has 1 atom stereocenters. The third kappa shape index (κ3) is 4.29. The highest BCUT2D eigenvalue weighted by Crippen LogP contribution is 2.34. The number of hydrogen-bond donors (Lipinski definition) is 2. The van der Waals surface area contributed by atoms with Gasteiger partial charge in [-0.1, -0.05) is 11.8 Å². The van der Waals surface area contributed by atoms with Crippen LogP contribution >= 0.6 is 11.8 Å². The lowest BCUT2D eigenvalue weighted by Crippen LogP contribution is -2.28. The molecule has 1 unspecified atom stereocenters. The van der Waals surface area contributed by atoms with E-state index >= 15 is 0 Å². The first-order valence-corrected chi connectivity index (χ1v) is 9.84. The van der Waals surface area contributed by atoms with Crippen LogP contribution in [-0.4, -0.2) is 58.3 Å². The summed E-state index contributed by atoms with van der Waals surface area (Å²) >= 11 is 1.49. The minimum Gasteiger partial charge on any atom is -0.481 e. The number of aromatic amines is 1. The number of aliphatic carboxylic acids is 1. The Morgan fingerprint density at radius 1 is 1.41 bits per heavy atom. The normalized spacial score (nSPS) is 17.1. The molecule has 0 bridgehead atoms. The third-order valence-corrected chi connectivity index (χ3v) is 6.11. The van der Waals surface area contributed by atoms with Crippen LogP contribution in [0.25, 0.3) is 10.9 Å². The second-order valence-electron chi connectivity index (χ2n) is 7.53. The van der Waals surface area contributed by atoms with Gasteiger partial charge in [0, 0.05) is 25.7 Å². The van der Waals surface area contributed by atoms with Crippen molar-refractivity contribution in [2.75, 3.05) is 20.8 Å². The molecule has 2 N–H and O–H groups in total. The van der Waals surface area contributed by atoms with Crippen LogP contribution in [0.4, 0.5) is 5.69 Å². The molecule has 0 aliphatic carbocycles. The van der Waals surface area contributed by atoms with E-state index in [2.05, 4.69) is 9.98 Å². The average molecular weight is 421 g/mol. The Balaban J connectivity index is 1.96. The second-order valence-corrected chi connectivity index (χ2v) is 8.75. The Bertz CT molecular complexity index is 980. The van der Waals surface area contributed by atoms with Gasteiger partial charge in [-0.3, -0.25) is 19.9 Å². The van der Waals surface area contributed by atoms with Gasteiger partial charge in [0.05, 0.1) is 27.8 Å². The largest absolute Gasteiger partial charge is 0.481 e. The van der Waals surface area contributed by atoms with Gasteiger partial charge < -0.3 is 19.6 Å². The topological polar surface area (TPSA) is 127 Å². The van der Waals surface area contributed by atoms with Crippen LogP contribution in [-0.2, 0) is 20.7 Å². The zero-order chi connectivity index (χ0) is 21.3. The summed E-state index contributed by atoms with van der Waals surface area (Å²) in [7, 11) is 3.14. The number of ether oxygens (including phenoxy) is 2. The molecule has 0 saturated heterocycles. The summed E-state index contributed by atoms with van der Waals surface area (Å²) in [5.41, 5.74) is 0.547. The predicted molar refractivity (Wildman–Crippen MR) is 111 cm³/mol. The minimum atomic E-state index is -1.03. The van der Waals surface area contributed by atoms with Crippen molar-refractivity contribution < 1.29 is 24.3 Å². The SMILES string of the molecule is COC(OC)C1CN=C(c2cc3cc(CC(C)(C)C(=O)O)cc([N+](=O)[O-])c3[nH]2)S1. The Morgan fingerprint density at radius 3 is 2.69 bits per heavy atom. The number of carbonyl (C=O) groups is 1. The first-order chi connectivity index (χ1) is 13.7. The molecule has 1 aliphatic heterocycles. The molecule has 0 spiro atoms. The average Bonchev–Trinajstić information content (AvgIpc) is 3.28. The number of methoxy groups -OCH3 is 2. The van der Waals surface area contributed by atoms with Crippen LogP contribution in [0.1, 0.15) is 25.1 Å². The first kappa shape index (κ1) is 21.3. The number of hydrogen-bond acceptors (Lipinski definition) is 7. The number of aliphatic imine (C=N–C) groups is 1. The quantitative estimate of drug-likeness (QED) is 0.380. The Labute approximate surface area is 171 Å². The number of nitrogens with one attached hydrogen (secondary N) is 1. The number of carboxylic acid groups (broad SMARTS) is 1. The van der Waals surface area contributed by atoms with Crippen LogP contribution < -0.4 is 0 Å². The summed E-state index contributed by atoms with van der Waals surface area (Å²) < 4.78 is 10.6. The lowest BCUT2D eigenvalue weighted by Gasteiger charge is -2.18. The number of benzene rings is 1. The van der Waals surface area contributed by atoms with E-state index < -0.39 is 22.6 Å². The monoisotopic (exact) mass is 421 g/mol. The molecule has 2 heterocycles. The Hall–Kier alpha value is -2.43. The van der Waals surface area contributed by atoms with Crippen LogP contribution in [0.15, 0.2) is 23.2 Å². The molecule has 156 valence electrons. The molecule has 0 radical (unpaired) electrons. The van der Waals surface area contributed by atoms with Crippen molar-refractivity contribution in [1.29, 1.82) is 0 Å². The van der Waals surface area contributed by atoms with E-state index in [4.69, 9.17) is 9.47 Å². The lowest BCUT2D eigenvalue weighted by atomic mass is 9.85. The highest BCUT2D eigenvalue weighted by molar-refractivity contribution is 8.15. The highest BCUT2D eigenvalue weighted by Gasteiger charge is 2.31. The highest BCUT2D eigenvalue weighted by atomic mass is 32.2. The van der Waals surface area contributed by atoms with Crippen molar-refractivity contribution in [2.45, 2.75) is 31.8 Å². The van der Waals surface area contributed by atoms with Gasteiger partial charge in [-0.15, -0.1) is 0 Å². The molecule has 0 saturated carbocycles. The van der Waals surface area contributed by atoms with Crippen LogP contribution in [0.5, 0.6) is 0 Å². The Kier molecular flexibility index (Phi) is 5.97. The van der Waals surface area contributed by atoms with Crippen molar-refractivity contribution in [1.82, 2.24) is 4.98 Å². The number of rotatable bonds is 8.